The molecule has 0 aromatic carbocycles. The summed E-state index contributed by atoms with van der Waals surface area (Å²) in [6.07, 6.45) is 1.27. The van der Waals surface area contributed by atoms with E-state index in [1.807, 2.05) is 0 Å². The Labute approximate surface area is 49.8 Å². The van der Waals surface area contributed by atoms with Crippen LogP contribution in [-0.2, 0) is 4.79 Å². The highest BCUT2D eigenvalue weighted by Gasteiger charge is 1.96. The average Bonchev–Trinajstić information content (AvgIpc) is 1.84. The van der Waals surface area contributed by atoms with Gasteiger partial charge in [-0.25, -0.2) is 0 Å². The first-order chi connectivity index (χ1) is 3.72. The molecule has 2 heteroatoms. The molecule has 0 heterocycles. The maximum absolute atomic E-state index is 10.5. The van der Waals surface area contributed by atoms with Crippen LogP contribution in [0.5, 0.6) is 0 Å². The molecule has 0 unspecified atom stereocenters. The summed E-state index contributed by atoms with van der Waals surface area (Å²) in [6.45, 7) is 7.31. The normalized spacial score (nSPS) is 8.25. The van der Waals surface area contributed by atoms with Crippen molar-refractivity contribution in [3.05, 3.63) is 19.6 Å². The van der Waals surface area contributed by atoms with Gasteiger partial charge in [0.05, 0.1) is 0 Å². The number of hydrogen-bond donors (Lipinski definition) is 0. The molecule has 8 heavy (non-hydrogen) atoms. The fraction of sp³-hybridized carbons (Fsp3) is 0.333. The zero-order chi connectivity index (χ0) is 6.57. The molecule has 0 aliphatic rings. The molecule has 0 bridgehead atoms. The molecule has 0 atom stereocenters. The Kier molecular flexibility index (Phi) is 2.92. The molecular formula is C6H10NO. The van der Waals surface area contributed by atoms with E-state index in [2.05, 4.69) is 13.5 Å². The molecule has 0 fully saturated rings. The van der Waals surface area contributed by atoms with Crippen LogP contribution in [0.25, 0.3) is 0 Å². The van der Waals surface area contributed by atoms with Crippen LogP contribution in [0.1, 0.15) is 0 Å². The monoisotopic (exact) mass is 112 g/mol. The zero-order valence-corrected chi connectivity index (χ0v) is 5.05. The third-order valence-electron chi connectivity index (χ3n) is 0.886. The van der Waals surface area contributed by atoms with Crippen LogP contribution in [0, 0.1) is 6.92 Å². The average molecular weight is 112 g/mol. The van der Waals surface area contributed by atoms with E-state index in [-0.39, 0.29) is 5.91 Å². The van der Waals surface area contributed by atoms with Gasteiger partial charge in [-0.3, -0.25) is 4.79 Å². The van der Waals surface area contributed by atoms with Crippen molar-refractivity contribution in [2.45, 2.75) is 0 Å². The molecule has 0 N–H and O–H groups in total. The number of likely N-dealkylation sites (N-methyl/N-ethyl adjacent to an activating group) is 1. The lowest BCUT2D eigenvalue weighted by molar-refractivity contribution is -0.124. The molecule has 45 valence electrons. The number of nitrogens with zero attached hydrogens (tertiary/aromatic N) is 1. The van der Waals surface area contributed by atoms with E-state index in [9.17, 15) is 4.79 Å². The van der Waals surface area contributed by atoms with Gasteiger partial charge in [0.1, 0.15) is 0 Å². The molecule has 0 saturated heterocycles. The third-order valence-corrected chi connectivity index (χ3v) is 0.886. The number of carbonyl (C=O) groups is 1. The molecule has 1 amide bonds. The van der Waals surface area contributed by atoms with Crippen molar-refractivity contribution in [1.29, 1.82) is 0 Å². The van der Waals surface area contributed by atoms with Crippen molar-refractivity contribution in [3.63, 3.8) is 0 Å². The van der Waals surface area contributed by atoms with Crippen LogP contribution in [-0.4, -0.2) is 24.4 Å². The molecule has 2 nitrogen and oxygen atoms in total. The summed E-state index contributed by atoms with van der Waals surface area (Å²) in [7, 11) is 1.68. The predicted octanol–water partition coefficient (Wildman–Crippen LogP) is 0.465. The maximum Gasteiger partial charge on any atom is 0.245 e. The number of carbonyl (C=O) groups excluding carboxylic acids is 1. The summed E-state index contributed by atoms with van der Waals surface area (Å²) in [5, 5.41) is 0. The number of amides is 1. The van der Waals surface area contributed by atoms with Crippen molar-refractivity contribution in [2.24, 2.45) is 0 Å². The van der Waals surface area contributed by atoms with Gasteiger partial charge in [-0.15, -0.1) is 0 Å². The second-order valence-corrected chi connectivity index (χ2v) is 1.46. The van der Waals surface area contributed by atoms with Crippen molar-refractivity contribution >= 4 is 5.91 Å². The van der Waals surface area contributed by atoms with E-state index < -0.39 is 0 Å². The van der Waals surface area contributed by atoms with Gasteiger partial charge < -0.3 is 4.90 Å². The highest BCUT2D eigenvalue weighted by atomic mass is 16.2. The molecule has 0 rings (SSSR count). The zero-order valence-electron chi connectivity index (χ0n) is 5.05. The lowest BCUT2D eigenvalue weighted by atomic mass is 10.5. The lowest BCUT2D eigenvalue weighted by Gasteiger charge is -2.09. The minimum absolute atomic E-state index is 0.0833. The molecule has 0 aliphatic heterocycles. The first kappa shape index (κ1) is 7.21. The van der Waals surface area contributed by atoms with Crippen molar-refractivity contribution < 1.29 is 4.79 Å². The van der Waals surface area contributed by atoms with Gasteiger partial charge in [0.2, 0.25) is 5.91 Å². The predicted molar refractivity (Wildman–Crippen MR) is 33.2 cm³/mol. The molecule has 0 spiro atoms. The van der Waals surface area contributed by atoms with E-state index in [1.165, 1.54) is 11.0 Å². The van der Waals surface area contributed by atoms with E-state index in [0.717, 1.165) is 0 Å². The van der Waals surface area contributed by atoms with Crippen LogP contribution in [0.3, 0.4) is 0 Å². The second kappa shape index (κ2) is 3.24. The largest absolute Gasteiger partial charge is 0.342 e. The number of hydrogen-bond acceptors (Lipinski definition) is 1. The van der Waals surface area contributed by atoms with Crippen LogP contribution in [0.2, 0.25) is 0 Å². The summed E-state index contributed by atoms with van der Waals surface area (Å²) in [4.78, 5) is 12.0. The van der Waals surface area contributed by atoms with Gasteiger partial charge in [0.25, 0.3) is 0 Å². The Hall–Kier alpha value is -0.790. The van der Waals surface area contributed by atoms with Gasteiger partial charge in [0, 0.05) is 13.6 Å². The van der Waals surface area contributed by atoms with E-state index in [1.54, 1.807) is 7.05 Å². The van der Waals surface area contributed by atoms with Gasteiger partial charge >= 0.3 is 0 Å². The summed E-state index contributed by atoms with van der Waals surface area (Å²) in [5.74, 6) is -0.0833. The summed E-state index contributed by atoms with van der Waals surface area (Å²) in [5.41, 5.74) is 0. The second-order valence-electron chi connectivity index (χ2n) is 1.46. The standard InChI is InChI=1S/C6H10NO/c1-4-6(8)7(3)5-2/h4H,1-2,5H2,3H3. The minimum atomic E-state index is -0.0833. The maximum atomic E-state index is 10.5. The van der Waals surface area contributed by atoms with Crippen molar-refractivity contribution in [1.82, 2.24) is 4.90 Å². The molecule has 1 radical (unpaired) electrons. The summed E-state index contributed by atoms with van der Waals surface area (Å²) in [6, 6.07) is 0. The lowest BCUT2D eigenvalue weighted by Crippen LogP contribution is -2.23. The van der Waals surface area contributed by atoms with Gasteiger partial charge in [-0.1, -0.05) is 6.58 Å². The van der Waals surface area contributed by atoms with E-state index in [4.69, 9.17) is 0 Å². The molecule has 0 aliphatic carbocycles. The fourth-order valence-electron chi connectivity index (χ4n) is 0.266. The van der Waals surface area contributed by atoms with Gasteiger partial charge in [-0.05, 0) is 13.0 Å². The molecular weight excluding hydrogens is 102 g/mol. The summed E-state index contributed by atoms with van der Waals surface area (Å²) < 4.78 is 0. The van der Waals surface area contributed by atoms with E-state index >= 15 is 0 Å². The topological polar surface area (TPSA) is 20.3 Å². The molecule has 0 saturated carbocycles. The molecule has 0 aromatic rings. The highest BCUT2D eigenvalue weighted by molar-refractivity contribution is 5.86. The number of rotatable bonds is 2. The Morgan fingerprint density at radius 1 is 1.88 bits per heavy atom. The fourth-order valence-corrected chi connectivity index (χ4v) is 0.266. The van der Waals surface area contributed by atoms with Crippen LogP contribution < -0.4 is 0 Å². The van der Waals surface area contributed by atoms with Gasteiger partial charge in [-0.2, -0.15) is 0 Å². The van der Waals surface area contributed by atoms with Crippen molar-refractivity contribution in [3.8, 4) is 0 Å². The third kappa shape index (κ3) is 1.78. The SMILES string of the molecule is [CH2]CN(C)C(=O)C=C. The Balaban J connectivity index is 3.62. The highest BCUT2D eigenvalue weighted by Crippen LogP contribution is 1.81. The van der Waals surface area contributed by atoms with E-state index in [0.29, 0.717) is 6.54 Å². The summed E-state index contributed by atoms with van der Waals surface area (Å²) >= 11 is 0. The first-order valence-electron chi connectivity index (χ1n) is 2.39. The Morgan fingerprint density at radius 3 is 2.50 bits per heavy atom. The van der Waals surface area contributed by atoms with Crippen molar-refractivity contribution in [2.75, 3.05) is 13.6 Å². The van der Waals surface area contributed by atoms with Crippen LogP contribution >= 0.6 is 0 Å². The quantitative estimate of drug-likeness (QED) is 0.475. The minimum Gasteiger partial charge on any atom is -0.342 e. The Morgan fingerprint density at radius 2 is 2.38 bits per heavy atom. The van der Waals surface area contributed by atoms with Gasteiger partial charge in [0.15, 0.2) is 0 Å². The first-order valence-corrected chi connectivity index (χ1v) is 2.39. The smallest absolute Gasteiger partial charge is 0.245 e. The van der Waals surface area contributed by atoms with Crippen LogP contribution in [0.4, 0.5) is 0 Å². The Bertz CT molecular complexity index is 98.7. The van der Waals surface area contributed by atoms with Crippen LogP contribution in [0.15, 0.2) is 12.7 Å². The molecule has 0 aromatic heterocycles.